The Balaban J connectivity index is 1.47. The molecule has 1 fully saturated rings. The van der Waals surface area contributed by atoms with Crippen molar-refractivity contribution in [3.8, 4) is 0 Å². The molecule has 5 heteroatoms. The third kappa shape index (κ3) is 4.16. The molecule has 1 saturated heterocycles. The van der Waals surface area contributed by atoms with E-state index >= 15 is 0 Å². The van der Waals surface area contributed by atoms with Crippen LogP contribution in [0.1, 0.15) is 23.4 Å². The maximum absolute atomic E-state index is 12.3. The minimum absolute atomic E-state index is 0.0887. The number of aryl methyl sites for hydroxylation is 1. The molecule has 1 aliphatic rings. The molecule has 0 unspecified atom stereocenters. The van der Waals surface area contributed by atoms with Crippen molar-refractivity contribution in [1.29, 1.82) is 0 Å². The van der Waals surface area contributed by atoms with E-state index in [1.165, 1.54) is 16.1 Å². The van der Waals surface area contributed by atoms with Crippen molar-refractivity contribution >= 4 is 22.9 Å². The molecule has 2 heterocycles. The van der Waals surface area contributed by atoms with E-state index in [4.69, 9.17) is 0 Å². The number of hydrogen-bond donors (Lipinski definition) is 1. The fourth-order valence-electron chi connectivity index (χ4n) is 3.16. The van der Waals surface area contributed by atoms with Gasteiger partial charge in [0.25, 0.3) is 0 Å². The number of carbonyl (C=O) groups excluding carboxylic acids is 1. The van der Waals surface area contributed by atoms with Crippen LogP contribution < -0.4 is 10.2 Å². The second kappa shape index (κ2) is 7.81. The highest BCUT2D eigenvalue weighted by Gasteiger charge is 2.20. The average molecular weight is 343 g/mol. The smallest absolute Gasteiger partial charge is 0.234 e. The summed E-state index contributed by atoms with van der Waals surface area (Å²) in [7, 11) is 0. The van der Waals surface area contributed by atoms with Gasteiger partial charge in [0.2, 0.25) is 5.91 Å². The van der Waals surface area contributed by atoms with Crippen LogP contribution in [0.3, 0.4) is 0 Å². The standard InChI is InChI=1S/C19H25N3OS/c1-15-6-3-4-7-17(15)22-11-9-21(10-12-22)14-19(23)20-16(2)18-8-5-13-24-18/h3-8,13,16H,9-12,14H2,1-2H3,(H,20,23)/t16-/m0/s1. The molecule has 2 aromatic rings. The molecule has 0 saturated carbocycles. The molecule has 1 amide bonds. The van der Waals surface area contributed by atoms with Gasteiger partial charge in [-0.3, -0.25) is 9.69 Å². The zero-order chi connectivity index (χ0) is 16.9. The van der Waals surface area contributed by atoms with Crippen molar-refractivity contribution in [2.24, 2.45) is 0 Å². The van der Waals surface area contributed by atoms with Crippen LogP contribution in [0.2, 0.25) is 0 Å². The Hall–Kier alpha value is -1.85. The van der Waals surface area contributed by atoms with Crippen LogP contribution in [-0.4, -0.2) is 43.5 Å². The highest BCUT2D eigenvalue weighted by molar-refractivity contribution is 7.10. The van der Waals surface area contributed by atoms with Crippen LogP contribution in [0.15, 0.2) is 41.8 Å². The molecular weight excluding hydrogens is 318 g/mol. The first-order chi connectivity index (χ1) is 11.6. The van der Waals surface area contributed by atoms with E-state index in [-0.39, 0.29) is 11.9 Å². The van der Waals surface area contributed by atoms with Gasteiger partial charge in [-0.2, -0.15) is 0 Å². The van der Waals surface area contributed by atoms with Crippen LogP contribution in [0, 0.1) is 6.92 Å². The van der Waals surface area contributed by atoms with Crippen LogP contribution in [0.4, 0.5) is 5.69 Å². The maximum atomic E-state index is 12.3. The quantitative estimate of drug-likeness (QED) is 0.906. The Kier molecular flexibility index (Phi) is 5.53. The van der Waals surface area contributed by atoms with Crippen molar-refractivity contribution in [1.82, 2.24) is 10.2 Å². The molecular formula is C19H25N3OS. The molecule has 3 rings (SSSR count). The molecule has 0 bridgehead atoms. The minimum Gasteiger partial charge on any atom is -0.369 e. The predicted molar refractivity (Wildman–Crippen MR) is 101 cm³/mol. The summed E-state index contributed by atoms with van der Waals surface area (Å²) in [6, 6.07) is 12.7. The number of rotatable bonds is 5. The molecule has 1 N–H and O–H groups in total. The lowest BCUT2D eigenvalue weighted by molar-refractivity contribution is -0.122. The normalized spacial score (nSPS) is 16.8. The fraction of sp³-hybridized carbons (Fsp3) is 0.421. The minimum atomic E-state index is 0.0887. The molecule has 24 heavy (non-hydrogen) atoms. The van der Waals surface area contributed by atoms with Crippen molar-refractivity contribution in [2.75, 3.05) is 37.6 Å². The topological polar surface area (TPSA) is 35.6 Å². The van der Waals surface area contributed by atoms with E-state index in [0.29, 0.717) is 6.54 Å². The number of amides is 1. The monoisotopic (exact) mass is 343 g/mol. The SMILES string of the molecule is Cc1ccccc1N1CCN(CC(=O)N[C@@H](C)c2cccs2)CC1. The summed E-state index contributed by atoms with van der Waals surface area (Å²) in [5, 5.41) is 5.14. The number of para-hydroxylation sites is 1. The Bertz CT molecular complexity index is 663. The Labute approximate surface area is 148 Å². The van der Waals surface area contributed by atoms with Crippen molar-refractivity contribution in [2.45, 2.75) is 19.9 Å². The summed E-state index contributed by atoms with van der Waals surface area (Å²) in [5.74, 6) is 0.111. The summed E-state index contributed by atoms with van der Waals surface area (Å²) in [6.07, 6.45) is 0. The maximum Gasteiger partial charge on any atom is 0.234 e. The van der Waals surface area contributed by atoms with E-state index in [0.717, 1.165) is 26.2 Å². The molecule has 128 valence electrons. The van der Waals surface area contributed by atoms with E-state index in [1.54, 1.807) is 11.3 Å². The van der Waals surface area contributed by atoms with Crippen LogP contribution >= 0.6 is 11.3 Å². The van der Waals surface area contributed by atoms with Gasteiger partial charge in [-0.05, 0) is 36.9 Å². The van der Waals surface area contributed by atoms with Crippen LogP contribution in [0.5, 0.6) is 0 Å². The predicted octanol–water partition coefficient (Wildman–Crippen LogP) is 3.06. The summed E-state index contributed by atoms with van der Waals surface area (Å²) >= 11 is 1.68. The second-order valence-electron chi connectivity index (χ2n) is 6.35. The van der Waals surface area contributed by atoms with Gasteiger partial charge in [-0.15, -0.1) is 11.3 Å². The zero-order valence-electron chi connectivity index (χ0n) is 14.4. The third-order valence-corrected chi connectivity index (χ3v) is 5.60. The molecule has 1 aromatic carbocycles. The molecule has 4 nitrogen and oxygen atoms in total. The molecule has 0 aliphatic carbocycles. The van der Waals surface area contributed by atoms with E-state index in [2.05, 4.69) is 52.4 Å². The van der Waals surface area contributed by atoms with Gasteiger partial charge in [0.05, 0.1) is 12.6 Å². The van der Waals surface area contributed by atoms with E-state index in [1.807, 2.05) is 18.4 Å². The first-order valence-corrected chi connectivity index (χ1v) is 9.37. The van der Waals surface area contributed by atoms with Crippen LogP contribution in [0.25, 0.3) is 0 Å². The van der Waals surface area contributed by atoms with Crippen LogP contribution in [-0.2, 0) is 4.79 Å². The molecule has 1 atom stereocenters. The fourth-order valence-corrected chi connectivity index (χ4v) is 3.90. The highest BCUT2D eigenvalue weighted by atomic mass is 32.1. The van der Waals surface area contributed by atoms with Gasteiger partial charge in [0, 0.05) is 36.7 Å². The van der Waals surface area contributed by atoms with Gasteiger partial charge < -0.3 is 10.2 Å². The summed E-state index contributed by atoms with van der Waals surface area (Å²) in [5.41, 5.74) is 2.63. The largest absolute Gasteiger partial charge is 0.369 e. The summed E-state index contributed by atoms with van der Waals surface area (Å²) in [4.78, 5) is 18.1. The Morgan fingerprint density at radius 1 is 1.17 bits per heavy atom. The summed E-state index contributed by atoms with van der Waals surface area (Å²) < 4.78 is 0. The lowest BCUT2D eigenvalue weighted by atomic mass is 10.1. The Morgan fingerprint density at radius 2 is 1.92 bits per heavy atom. The molecule has 0 spiro atoms. The number of nitrogens with zero attached hydrogens (tertiary/aromatic N) is 2. The number of anilines is 1. The number of benzene rings is 1. The molecule has 0 radical (unpaired) electrons. The van der Waals surface area contributed by atoms with Crippen molar-refractivity contribution in [3.05, 3.63) is 52.2 Å². The van der Waals surface area contributed by atoms with Gasteiger partial charge in [-0.1, -0.05) is 24.3 Å². The van der Waals surface area contributed by atoms with Gasteiger partial charge in [0.1, 0.15) is 0 Å². The lowest BCUT2D eigenvalue weighted by Crippen LogP contribution is -2.49. The third-order valence-electron chi connectivity index (χ3n) is 4.54. The zero-order valence-corrected chi connectivity index (χ0v) is 15.2. The van der Waals surface area contributed by atoms with E-state index in [9.17, 15) is 4.79 Å². The number of hydrogen-bond acceptors (Lipinski definition) is 4. The number of piperazine rings is 1. The van der Waals surface area contributed by atoms with Crippen molar-refractivity contribution in [3.63, 3.8) is 0 Å². The first kappa shape index (κ1) is 17.0. The number of thiophene rings is 1. The molecule has 1 aromatic heterocycles. The lowest BCUT2D eigenvalue weighted by Gasteiger charge is -2.36. The highest BCUT2D eigenvalue weighted by Crippen LogP contribution is 2.21. The second-order valence-corrected chi connectivity index (χ2v) is 7.33. The van der Waals surface area contributed by atoms with E-state index < -0.39 is 0 Å². The molecule has 1 aliphatic heterocycles. The van der Waals surface area contributed by atoms with Gasteiger partial charge in [-0.25, -0.2) is 0 Å². The van der Waals surface area contributed by atoms with Gasteiger partial charge >= 0.3 is 0 Å². The van der Waals surface area contributed by atoms with Crippen molar-refractivity contribution < 1.29 is 4.79 Å². The summed E-state index contributed by atoms with van der Waals surface area (Å²) in [6.45, 7) is 8.47. The average Bonchev–Trinajstić information content (AvgIpc) is 3.11. The number of carbonyl (C=O) groups is 1. The Morgan fingerprint density at radius 3 is 2.58 bits per heavy atom. The van der Waals surface area contributed by atoms with Gasteiger partial charge in [0.15, 0.2) is 0 Å². The number of nitrogens with one attached hydrogen (secondary N) is 1. The first-order valence-electron chi connectivity index (χ1n) is 8.49.